The summed E-state index contributed by atoms with van der Waals surface area (Å²) < 4.78 is 1.96. The van der Waals surface area contributed by atoms with E-state index in [2.05, 4.69) is 10.3 Å². The molecule has 1 aromatic rings. The molecule has 2 unspecified atom stereocenters. The maximum atomic E-state index is 11.4. The van der Waals surface area contributed by atoms with E-state index < -0.39 is 0 Å². The van der Waals surface area contributed by atoms with Crippen LogP contribution in [0.5, 0.6) is 0 Å². The Kier molecular flexibility index (Phi) is 2.37. The molecule has 14 heavy (non-hydrogen) atoms. The summed E-state index contributed by atoms with van der Waals surface area (Å²) >= 11 is 0. The minimum Gasteiger partial charge on any atom is -0.336 e. The van der Waals surface area contributed by atoms with Gasteiger partial charge in [-0.05, 0) is 6.92 Å². The van der Waals surface area contributed by atoms with Gasteiger partial charge in [-0.1, -0.05) is 0 Å². The Morgan fingerprint density at radius 1 is 1.57 bits per heavy atom. The summed E-state index contributed by atoms with van der Waals surface area (Å²) in [6.07, 6.45) is 4.82. The van der Waals surface area contributed by atoms with Gasteiger partial charge in [-0.15, -0.1) is 0 Å². The summed E-state index contributed by atoms with van der Waals surface area (Å²) in [5.74, 6) is 0.336. The zero-order chi connectivity index (χ0) is 10.1. The molecule has 1 aliphatic heterocycles. The molecule has 0 saturated carbocycles. The fourth-order valence-electron chi connectivity index (χ4n) is 2.01. The van der Waals surface area contributed by atoms with Crippen molar-refractivity contribution in [3.63, 3.8) is 0 Å². The molecule has 2 atom stereocenters. The fraction of sp³-hybridized carbons (Fsp3) is 0.600. The molecule has 0 bridgehead atoms. The fourth-order valence-corrected chi connectivity index (χ4v) is 2.01. The molecule has 1 N–H and O–H groups in total. The van der Waals surface area contributed by atoms with Crippen molar-refractivity contribution in [2.75, 3.05) is 0 Å². The minimum absolute atomic E-state index is 0.138. The summed E-state index contributed by atoms with van der Waals surface area (Å²) in [6.45, 7) is 2.04. The van der Waals surface area contributed by atoms with Gasteiger partial charge in [0.15, 0.2) is 0 Å². The van der Waals surface area contributed by atoms with Gasteiger partial charge in [0, 0.05) is 32.1 Å². The van der Waals surface area contributed by atoms with Crippen LogP contribution in [0.25, 0.3) is 0 Å². The zero-order valence-corrected chi connectivity index (χ0v) is 8.53. The van der Waals surface area contributed by atoms with E-state index in [1.165, 1.54) is 0 Å². The molecule has 4 heteroatoms. The van der Waals surface area contributed by atoms with Crippen LogP contribution >= 0.6 is 0 Å². The Hall–Kier alpha value is -1.16. The minimum atomic E-state index is 0.138. The highest BCUT2D eigenvalue weighted by atomic mass is 16.1. The second-order valence-corrected chi connectivity index (χ2v) is 4.00. The Balaban J connectivity index is 2.19. The number of piperidine rings is 1. The lowest BCUT2D eigenvalue weighted by Crippen LogP contribution is -2.39. The van der Waals surface area contributed by atoms with E-state index in [0.29, 0.717) is 18.6 Å². The summed E-state index contributed by atoms with van der Waals surface area (Å²) in [4.78, 5) is 15.5. The number of Topliss-reactive ketones (excluding diaryl/α,β-unsaturated/α-hetero) is 1. The highest BCUT2D eigenvalue weighted by molar-refractivity contribution is 5.80. The van der Waals surface area contributed by atoms with Gasteiger partial charge in [0.05, 0.1) is 18.1 Å². The van der Waals surface area contributed by atoms with E-state index >= 15 is 0 Å². The molecule has 1 saturated heterocycles. The Bertz CT molecular complexity index is 345. The predicted molar refractivity (Wildman–Crippen MR) is 52.8 cm³/mol. The Labute approximate surface area is 83.3 Å². The van der Waals surface area contributed by atoms with Crippen LogP contribution in [0.4, 0.5) is 0 Å². The van der Waals surface area contributed by atoms with Crippen LogP contribution in [-0.2, 0) is 11.8 Å². The van der Waals surface area contributed by atoms with Crippen LogP contribution < -0.4 is 5.32 Å². The third-order valence-electron chi connectivity index (χ3n) is 2.66. The van der Waals surface area contributed by atoms with Crippen LogP contribution in [0.1, 0.15) is 31.5 Å². The summed E-state index contributed by atoms with van der Waals surface area (Å²) in [5.41, 5.74) is 1.09. The topological polar surface area (TPSA) is 46.9 Å². The molecule has 0 aromatic carbocycles. The van der Waals surface area contributed by atoms with Gasteiger partial charge >= 0.3 is 0 Å². The molecular formula is C10H15N3O. The molecule has 0 spiro atoms. The quantitative estimate of drug-likeness (QED) is 0.717. The van der Waals surface area contributed by atoms with E-state index in [-0.39, 0.29) is 12.1 Å². The van der Waals surface area contributed by atoms with E-state index in [4.69, 9.17) is 0 Å². The zero-order valence-electron chi connectivity index (χ0n) is 8.53. The second-order valence-electron chi connectivity index (χ2n) is 4.00. The summed E-state index contributed by atoms with van der Waals surface area (Å²) in [7, 11) is 1.95. The maximum absolute atomic E-state index is 11.4. The number of carbonyl (C=O) groups excluding carboxylic acids is 1. The Morgan fingerprint density at radius 2 is 2.36 bits per heavy atom. The SMILES string of the molecule is CC1CC(=O)CC(c2cncn2C)N1. The first-order valence-corrected chi connectivity index (χ1v) is 4.91. The predicted octanol–water partition coefficient (Wildman–Crippen LogP) is 0.802. The molecular weight excluding hydrogens is 178 g/mol. The lowest BCUT2D eigenvalue weighted by molar-refractivity contribution is -0.121. The molecule has 1 aromatic heterocycles. The Morgan fingerprint density at radius 3 is 2.93 bits per heavy atom. The summed E-state index contributed by atoms with van der Waals surface area (Å²) in [6, 6.07) is 0.412. The first kappa shape index (κ1) is 9.40. The first-order chi connectivity index (χ1) is 6.66. The van der Waals surface area contributed by atoms with E-state index in [1.807, 2.05) is 24.7 Å². The van der Waals surface area contributed by atoms with Gasteiger partial charge in [0.2, 0.25) is 0 Å². The number of hydrogen-bond acceptors (Lipinski definition) is 3. The lowest BCUT2D eigenvalue weighted by atomic mass is 9.96. The molecule has 76 valence electrons. The van der Waals surface area contributed by atoms with Crippen molar-refractivity contribution in [1.29, 1.82) is 0 Å². The van der Waals surface area contributed by atoms with Gasteiger partial charge in [-0.3, -0.25) is 4.79 Å². The number of imidazole rings is 1. The van der Waals surface area contributed by atoms with Gasteiger partial charge in [0.1, 0.15) is 5.78 Å². The van der Waals surface area contributed by atoms with Crippen molar-refractivity contribution < 1.29 is 4.79 Å². The largest absolute Gasteiger partial charge is 0.336 e. The number of rotatable bonds is 1. The average molecular weight is 193 g/mol. The van der Waals surface area contributed by atoms with Gasteiger partial charge in [0.25, 0.3) is 0 Å². The third kappa shape index (κ3) is 1.70. The van der Waals surface area contributed by atoms with Crippen LogP contribution in [0.3, 0.4) is 0 Å². The van der Waals surface area contributed by atoms with Crippen molar-refractivity contribution in [1.82, 2.24) is 14.9 Å². The number of carbonyl (C=O) groups is 1. The average Bonchev–Trinajstić information content (AvgIpc) is 2.49. The normalized spacial score (nSPS) is 28.0. The van der Waals surface area contributed by atoms with E-state index in [1.54, 1.807) is 6.33 Å². The highest BCUT2D eigenvalue weighted by Gasteiger charge is 2.26. The van der Waals surface area contributed by atoms with Crippen LogP contribution in [0.15, 0.2) is 12.5 Å². The van der Waals surface area contributed by atoms with Crippen molar-refractivity contribution in [3.05, 3.63) is 18.2 Å². The summed E-state index contributed by atoms with van der Waals surface area (Å²) in [5, 5.41) is 3.41. The second kappa shape index (κ2) is 3.53. The van der Waals surface area contributed by atoms with Crippen LogP contribution in [-0.4, -0.2) is 21.4 Å². The van der Waals surface area contributed by atoms with E-state index in [0.717, 1.165) is 5.69 Å². The molecule has 0 aliphatic carbocycles. The van der Waals surface area contributed by atoms with Gasteiger partial charge in [-0.2, -0.15) is 0 Å². The third-order valence-corrected chi connectivity index (χ3v) is 2.66. The van der Waals surface area contributed by atoms with E-state index in [9.17, 15) is 4.79 Å². The number of hydrogen-bond donors (Lipinski definition) is 1. The molecule has 2 heterocycles. The smallest absolute Gasteiger partial charge is 0.136 e. The van der Waals surface area contributed by atoms with Crippen molar-refractivity contribution >= 4 is 5.78 Å². The molecule has 4 nitrogen and oxygen atoms in total. The van der Waals surface area contributed by atoms with Gasteiger partial charge in [-0.25, -0.2) is 4.98 Å². The lowest BCUT2D eigenvalue weighted by Gasteiger charge is -2.27. The van der Waals surface area contributed by atoms with Crippen molar-refractivity contribution in [2.45, 2.75) is 31.8 Å². The van der Waals surface area contributed by atoms with Gasteiger partial charge < -0.3 is 9.88 Å². The van der Waals surface area contributed by atoms with Crippen LogP contribution in [0, 0.1) is 0 Å². The highest BCUT2D eigenvalue weighted by Crippen LogP contribution is 2.22. The number of ketones is 1. The monoisotopic (exact) mass is 193 g/mol. The molecule has 2 rings (SSSR count). The molecule has 1 aliphatic rings. The standard InChI is InChI=1S/C10H15N3O/c1-7-3-8(14)4-9(12-7)10-5-11-6-13(10)2/h5-7,9,12H,3-4H2,1-2H3. The molecule has 0 radical (unpaired) electrons. The molecule has 1 fully saturated rings. The van der Waals surface area contributed by atoms with Crippen molar-refractivity contribution in [2.24, 2.45) is 7.05 Å². The maximum Gasteiger partial charge on any atom is 0.136 e. The number of nitrogens with zero attached hydrogens (tertiary/aromatic N) is 2. The first-order valence-electron chi connectivity index (χ1n) is 4.91. The van der Waals surface area contributed by atoms with Crippen molar-refractivity contribution in [3.8, 4) is 0 Å². The molecule has 0 amide bonds. The number of aryl methyl sites for hydroxylation is 1. The van der Waals surface area contributed by atoms with Crippen LogP contribution in [0.2, 0.25) is 0 Å². The number of nitrogens with one attached hydrogen (secondary N) is 1. The number of aromatic nitrogens is 2.